The number of fused-ring (bicyclic) bond motifs is 1. The molecule has 0 amide bonds. The zero-order valence-electron chi connectivity index (χ0n) is 14.6. The van der Waals surface area contributed by atoms with E-state index in [0.29, 0.717) is 11.5 Å². The second-order valence-electron chi connectivity index (χ2n) is 6.69. The SMILES string of the molecule is COc1ccc2c(-c3ccc(C(=O)O)c(C4CCCC4)c3)ncnc2c1. The third kappa shape index (κ3) is 2.90. The van der Waals surface area contributed by atoms with Crippen molar-refractivity contribution in [2.75, 3.05) is 7.11 Å². The second-order valence-corrected chi connectivity index (χ2v) is 6.69. The Kier molecular flexibility index (Phi) is 4.29. The highest BCUT2D eigenvalue weighted by molar-refractivity contribution is 5.95. The minimum atomic E-state index is -0.865. The Morgan fingerprint density at radius 1 is 1.12 bits per heavy atom. The lowest BCUT2D eigenvalue weighted by atomic mass is 9.90. The average Bonchev–Trinajstić information content (AvgIpc) is 3.21. The van der Waals surface area contributed by atoms with Crippen LogP contribution in [0.1, 0.15) is 47.5 Å². The third-order valence-corrected chi connectivity index (χ3v) is 5.19. The molecule has 3 aromatic rings. The standard InChI is InChI=1S/C21H20N2O3/c1-26-15-7-9-17-19(11-15)22-12-23-20(17)14-6-8-16(21(24)25)18(10-14)13-4-2-3-5-13/h6-13H,2-5H2,1H3,(H,24,25). The predicted octanol–water partition coefficient (Wildman–Crippen LogP) is 4.66. The first-order valence-corrected chi connectivity index (χ1v) is 8.83. The highest BCUT2D eigenvalue weighted by Gasteiger charge is 2.23. The van der Waals surface area contributed by atoms with Crippen LogP contribution in [0.5, 0.6) is 5.75 Å². The number of ether oxygens (including phenoxy) is 1. The Morgan fingerprint density at radius 2 is 1.92 bits per heavy atom. The van der Waals surface area contributed by atoms with Gasteiger partial charge in [-0.25, -0.2) is 14.8 Å². The summed E-state index contributed by atoms with van der Waals surface area (Å²) in [5, 5.41) is 10.5. The van der Waals surface area contributed by atoms with E-state index >= 15 is 0 Å². The number of carbonyl (C=O) groups is 1. The van der Waals surface area contributed by atoms with Crippen LogP contribution in [0.3, 0.4) is 0 Å². The molecule has 0 saturated heterocycles. The van der Waals surface area contributed by atoms with Crippen molar-refractivity contribution in [1.82, 2.24) is 9.97 Å². The van der Waals surface area contributed by atoms with Crippen molar-refractivity contribution < 1.29 is 14.6 Å². The van der Waals surface area contributed by atoms with Gasteiger partial charge in [0, 0.05) is 17.0 Å². The van der Waals surface area contributed by atoms with Crippen LogP contribution in [0.4, 0.5) is 0 Å². The molecule has 132 valence electrons. The molecule has 0 radical (unpaired) electrons. The average molecular weight is 348 g/mol. The number of methoxy groups -OCH3 is 1. The van der Waals surface area contributed by atoms with Crippen LogP contribution in [0.25, 0.3) is 22.2 Å². The monoisotopic (exact) mass is 348 g/mol. The van der Waals surface area contributed by atoms with Crippen molar-refractivity contribution in [2.45, 2.75) is 31.6 Å². The molecule has 2 aromatic carbocycles. The molecule has 0 atom stereocenters. The van der Waals surface area contributed by atoms with E-state index in [1.807, 2.05) is 30.3 Å². The van der Waals surface area contributed by atoms with Crippen LogP contribution in [-0.4, -0.2) is 28.2 Å². The molecular weight excluding hydrogens is 328 g/mol. The Morgan fingerprint density at radius 3 is 2.65 bits per heavy atom. The summed E-state index contributed by atoms with van der Waals surface area (Å²) in [6.45, 7) is 0. The Labute approximate surface area is 151 Å². The summed E-state index contributed by atoms with van der Waals surface area (Å²) in [6.07, 6.45) is 5.95. The fraction of sp³-hybridized carbons (Fsp3) is 0.286. The molecule has 0 bridgehead atoms. The number of nitrogens with zero attached hydrogens (tertiary/aromatic N) is 2. The normalized spacial score (nSPS) is 14.7. The van der Waals surface area contributed by atoms with Crippen LogP contribution in [0.2, 0.25) is 0 Å². The van der Waals surface area contributed by atoms with E-state index in [2.05, 4.69) is 9.97 Å². The summed E-state index contributed by atoms with van der Waals surface area (Å²) in [5.74, 6) is 0.194. The number of aromatic nitrogens is 2. The van der Waals surface area contributed by atoms with E-state index < -0.39 is 5.97 Å². The van der Waals surface area contributed by atoms with Gasteiger partial charge in [0.05, 0.1) is 23.9 Å². The highest BCUT2D eigenvalue weighted by atomic mass is 16.5. The minimum absolute atomic E-state index is 0.314. The maximum Gasteiger partial charge on any atom is 0.335 e. The first kappa shape index (κ1) is 16.5. The van der Waals surface area contributed by atoms with E-state index in [1.165, 1.54) is 6.33 Å². The molecule has 1 saturated carbocycles. The fourth-order valence-electron chi connectivity index (χ4n) is 3.87. The first-order chi connectivity index (χ1) is 12.7. The quantitative estimate of drug-likeness (QED) is 0.742. The molecule has 1 aromatic heterocycles. The fourth-order valence-corrected chi connectivity index (χ4v) is 3.87. The molecule has 1 heterocycles. The van der Waals surface area contributed by atoms with Gasteiger partial charge in [-0.2, -0.15) is 0 Å². The molecular formula is C21H20N2O3. The van der Waals surface area contributed by atoms with Gasteiger partial charge < -0.3 is 9.84 Å². The third-order valence-electron chi connectivity index (χ3n) is 5.19. The molecule has 26 heavy (non-hydrogen) atoms. The zero-order valence-corrected chi connectivity index (χ0v) is 14.6. The Bertz CT molecular complexity index is 978. The summed E-state index contributed by atoms with van der Waals surface area (Å²) in [4.78, 5) is 20.5. The number of hydrogen-bond acceptors (Lipinski definition) is 4. The van der Waals surface area contributed by atoms with Crippen LogP contribution >= 0.6 is 0 Å². The number of benzene rings is 2. The minimum Gasteiger partial charge on any atom is -0.497 e. The first-order valence-electron chi connectivity index (χ1n) is 8.83. The lowest BCUT2D eigenvalue weighted by molar-refractivity contribution is 0.0695. The Balaban J connectivity index is 1.86. The van der Waals surface area contributed by atoms with Crippen molar-refractivity contribution in [2.24, 2.45) is 0 Å². The van der Waals surface area contributed by atoms with Gasteiger partial charge in [0.25, 0.3) is 0 Å². The number of aromatic carboxylic acids is 1. The van der Waals surface area contributed by atoms with Crippen LogP contribution in [-0.2, 0) is 0 Å². The van der Waals surface area contributed by atoms with Gasteiger partial charge in [-0.15, -0.1) is 0 Å². The molecule has 0 unspecified atom stereocenters. The molecule has 1 N–H and O–H groups in total. The van der Waals surface area contributed by atoms with Crippen molar-refractivity contribution in [3.05, 3.63) is 53.9 Å². The van der Waals surface area contributed by atoms with Crippen molar-refractivity contribution in [3.63, 3.8) is 0 Å². The zero-order chi connectivity index (χ0) is 18.1. The van der Waals surface area contributed by atoms with E-state index in [4.69, 9.17) is 4.74 Å². The van der Waals surface area contributed by atoms with Crippen molar-refractivity contribution in [3.8, 4) is 17.0 Å². The van der Waals surface area contributed by atoms with Crippen LogP contribution < -0.4 is 4.74 Å². The summed E-state index contributed by atoms with van der Waals surface area (Å²) in [5.41, 5.74) is 3.87. The number of carboxylic acid groups (broad SMARTS) is 1. The summed E-state index contributed by atoms with van der Waals surface area (Å²) in [6, 6.07) is 11.3. The summed E-state index contributed by atoms with van der Waals surface area (Å²) in [7, 11) is 1.63. The van der Waals surface area contributed by atoms with Gasteiger partial charge in [-0.05, 0) is 48.6 Å². The topological polar surface area (TPSA) is 72.3 Å². The van der Waals surface area contributed by atoms with Crippen LogP contribution in [0, 0.1) is 0 Å². The highest BCUT2D eigenvalue weighted by Crippen LogP contribution is 2.38. The number of rotatable bonds is 4. The molecule has 1 aliphatic carbocycles. The Hall–Kier alpha value is -2.95. The molecule has 0 spiro atoms. The molecule has 1 aliphatic rings. The number of carboxylic acids is 1. The predicted molar refractivity (Wildman–Crippen MR) is 99.7 cm³/mol. The smallest absolute Gasteiger partial charge is 0.335 e. The lowest BCUT2D eigenvalue weighted by Gasteiger charge is -2.15. The van der Waals surface area contributed by atoms with Gasteiger partial charge in [-0.3, -0.25) is 0 Å². The van der Waals surface area contributed by atoms with E-state index in [-0.39, 0.29) is 0 Å². The summed E-state index contributed by atoms with van der Waals surface area (Å²) >= 11 is 0. The second kappa shape index (κ2) is 6.75. The maximum atomic E-state index is 11.7. The molecule has 1 fully saturated rings. The van der Waals surface area contributed by atoms with Crippen LogP contribution in [0.15, 0.2) is 42.7 Å². The largest absolute Gasteiger partial charge is 0.497 e. The van der Waals surface area contributed by atoms with E-state index in [9.17, 15) is 9.90 Å². The van der Waals surface area contributed by atoms with E-state index in [1.54, 1.807) is 13.2 Å². The van der Waals surface area contributed by atoms with Gasteiger partial charge in [0.15, 0.2) is 0 Å². The van der Waals surface area contributed by atoms with E-state index in [0.717, 1.165) is 59.2 Å². The molecule has 4 rings (SSSR count). The van der Waals surface area contributed by atoms with Crippen molar-refractivity contribution in [1.29, 1.82) is 0 Å². The molecule has 0 aliphatic heterocycles. The molecule has 5 heteroatoms. The summed E-state index contributed by atoms with van der Waals surface area (Å²) < 4.78 is 5.27. The van der Waals surface area contributed by atoms with Crippen molar-refractivity contribution >= 4 is 16.9 Å². The van der Waals surface area contributed by atoms with Gasteiger partial charge in [-0.1, -0.05) is 18.9 Å². The van der Waals surface area contributed by atoms with Gasteiger partial charge >= 0.3 is 5.97 Å². The molecule has 5 nitrogen and oxygen atoms in total. The van der Waals surface area contributed by atoms with Gasteiger partial charge in [0.2, 0.25) is 0 Å². The van der Waals surface area contributed by atoms with Gasteiger partial charge in [0.1, 0.15) is 12.1 Å². The number of hydrogen-bond donors (Lipinski definition) is 1. The lowest BCUT2D eigenvalue weighted by Crippen LogP contribution is -2.06. The maximum absolute atomic E-state index is 11.7.